The second-order valence-corrected chi connectivity index (χ2v) is 6.57. The van der Waals surface area contributed by atoms with Crippen LogP contribution < -0.4 is 5.32 Å². The van der Waals surface area contributed by atoms with Crippen LogP contribution in [0.2, 0.25) is 0 Å². The first-order valence-electron chi connectivity index (χ1n) is 8.53. The van der Waals surface area contributed by atoms with Crippen LogP contribution in [0.25, 0.3) is 0 Å². The average Bonchev–Trinajstić information content (AvgIpc) is 2.38. The molecule has 0 aromatic carbocycles. The summed E-state index contributed by atoms with van der Waals surface area (Å²) < 4.78 is 6.19. The van der Waals surface area contributed by atoms with Gasteiger partial charge in [0, 0.05) is 12.6 Å². The highest BCUT2D eigenvalue weighted by molar-refractivity contribution is 4.77. The Kier molecular flexibility index (Phi) is 9.54. The molecule has 0 aromatic heterocycles. The Morgan fingerprint density at radius 2 is 1.42 bits per heavy atom. The lowest BCUT2D eigenvalue weighted by molar-refractivity contribution is 0.00413. The molecule has 114 valence electrons. The first kappa shape index (κ1) is 17.0. The minimum absolute atomic E-state index is 0.423. The third kappa shape index (κ3) is 7.94. The van der Waals surface area contributed by atoms with Crippen LogP contribution in [-0.4, -0.2) is 25.8 Å². The molecular formula is C17H35NO. The molecule has 1 rings (SSSR count). The maximum Gasteiger partial charge on any atom is 0.0728 e. The summed E-state index contributed by atoms with van der Waals surface area (Å²) in [5.41, 5.74) is 0. The minimum atomic E-state index is 0.423. The van der Waals surface area contributed by atoms with Crippen molar-refractivity contribution in [1.29, 1.82) is 0 Å². The second kappa shape index (κ2) is 10.7. The lowest BCUT2D eigenvalue weighted by Gasteiger charge is -2.28. The highest BCUT2D eigenvalue weighted by atomic mass is 16.5. The van der Waals surface area contributed by atoms with Crippen molar-refractivity contribution in [1.82, 2.24) is 5.32 Å². The fraction of sp³-hybridized carbons (Fsp3) is 1.00. The van der Waals surface area contributed by atoms with Crippen LogP contribution in [0.15, 0.2) is 0 Å². The van der Waals surface area contributed by atoms with E-state index in [0.717, 1.165) is 6.61 Å². The van der Waals surface area contributed by atoms with Crippen molar-refractivity contribution >= 4 is 0 Å². The van der Waals surface area contributed by atoms with Gasteiger partial charge in [-0.2, -0.15) is 0 Å². The largest absolute Gasteiger partial charge is 0.376 e. The van der Waals surface area contributed by atoms with Crippen molar-refractivity contribution in [2.75, 3.05) is 13.7 Å². The van der Waals surface area contributed by atoms with Crippen molar-refractivity contribution in [3.63, 3.8) is 0 Å². The molecule has 0 saturated heterocycles. The van der Waals surface area contributed by atoms with E-state index in [1.54, 1.807) is 0 Å². The number of rotatable bonds is 4. The Morgan fingerprint density at radius 3 is 1.95 bits per heavy atom. The number of hydrogen-bond acceptors (Lipinski definition) is 2. The van der Waals surface area contributed by atoms with E-state index in [0.29, 0.717) is 18.1 Å². The van der Waals surface area contributed by atoms with Crippen molar-refractivity contribution in [3.05, 3.63) is 0 Å². The van der Waals surface area contributed by atoms with E-state index in [2.05, 4.69) is 26.2 Å². The molecule has 1 aliphatic rings. The summed E-state index contributed by atoms with van der Waals surface area (Å²) in [5, 5.41) is 3.50. The molecular weight excluding hydrogens is 234 g/mol. The van der Waals surface area contributed by atoms with Crippen LogP contribution in [-0.2, 0) is 4.74 Å². The van der Waals surface area contributed by atoms with Crippen molar-refractivity contribution in [3.8, 4) is 0 Å². The molecule has 0 aliphatic heterocycles. The van der Waals surface area contributed by atoms with Gasteiger partial charge in [-0.25, -0.2) is 0 Å². The topological polar surface area (TPSA) is 21.3 Å². The smallest absolute Gasteiger partial charge is 0.0728 e. The van der Waals surface area contributed by atoms with Gasteiger partial charge in [-0.05, 0) is 25.8 Å². The molecule has 2 atom stereocenters. The van der Waals surface area contributed by atoms with Crippen LogP contribution >= 0.6 is 0 Å². The highest BCUT2D eigenvalue weighted by Gasteiger charge is 2.20. The van der Waals surface area contributed by atoms with E-state index in [-0.39, 0.29) is 0 Å². The summed E-state index contributed by atoms with van der Waals surface area (Å²) in [6.45, 7) is 5.39. The molecule has 2 nitrogen and oxygen atoms in total. The molecule has 2 heteroatoms. The monoisotopic (exact) mass is 269 g/mol. The minimum Gasteiger partial charge on any atom is -0.376 e. The zero-order valence-electron chi connectivity index (χ0n) is 13.4. The van der Waals surface area contributed by atoms with Crippen LogP contribution in [0.4, 0.5) is 0 Å². The Morgan fingerprint density at radius 1 is 0.895 bits per heavy atom. The molecule has 0 amide bonds. The van der Waals surface area contributed by atoms with Gasteiger partial charge in [0.25, 0.3) is 0 Å². The molecule has 1 saturated carbocycles. The molecule has 19 heavy (non-hydrogen) atoms. The van der Waals surface area contributed by atoms with E-state index in [1.165, 1.54) is 64.2 Å². The van der Waals surface area contributed by atoms with E-state index in [1.807, 2.05) is 0 Å². The van der Waals surface area contributed by atoms with E-state index >= 15 is 0 Å². The highest BCUT2D eigenvalue weighted by Crippen LogP contribution is 2.19. The third-order valence-electron chi connectivity index (χ3n) is 4.22. The van der Waals surface area contributed by atoms with Crippen LogP contribution in [0.1, 0.15) is 78.1 Å². The van der Waals surface area contributed by atoms with Gasteiger partial charge in [-0.15, -0.1) is 0 Å². The van der Waals surface area contributed by atoms with Gasteiger partial charge in [-0.3, -0.25) is 0 Å². The van der Waals surface area contributed by atoms with E-state index in [9.17, 15) is 0 Å². The maximum absolute atomic E-state index is 6.19. The third-order valence-corrected chi connectivity index (χ3v) is 4.22. The Hall–Kier alpha value is -0.0800. The van der Waals surface area contributed by atoms with Crippen molar-refractivity contribution in [2.24, 2.45) is 5.92 Å². The number of hydrogen-bond donors (Lipinski definition) is 1. The van der Waals surface area contributed by atoms with Gasteiger partial charge in [0.15, 0.2) is 0 Å². The predicted molar refractivity (Wildman–Crippen MR) is 83.6 cm³/mol. The summed E-state index contributed by atoms with van der Waals surface area (Å²) in [5.74, 6) is 0.638. The maximum atomic E-state index is 6.19. The molecule has 0 heterocycles. The number of nitrogens with one attached hydrogen (secondary N) is 1. The fourth-order valence-electron chi connectivity index (χ4n) is 3.00. The van der Waals surface area contributed by atoms with E-state index in [4.69, 9.17) is 4.74 Å². The summed E-state index contributed by atoms with van der Waals surface area (Å²) >= 11 is 0. The zero-order valence-corrected chi connectivity index (χ0v) is 13.4. The molecule has 2 unspecified atom stereocenters. The second-order valence-electron chi connectivity index (χ2n) is 6.57. The summed E-state index contributed by atoms with van der Waals surface area (Å²) in [6.07, 6.45) is 14.1. The summed E-state index contributed by atoms with van der Waals surface area (Å²) in [7, 11) is 2.10. The summed E-state index contributed by atoms with van der Waals surface area (Å²) in [4.78, 5) is 0. The van der Waals surface area contributed by atoms with Gasteiger partial charge < -0.3 is 10.1 Å². The zero-order chi connectivity index (χ0) is 13.9. The van der Waals surface area contributed by atoms with Gasteiger partial charge >= 0.3 is 0 Å². The molecule has 1 N–H and O–H groups in total. The number of likely N-dealkylation sites (N-methyl/N-ethyl adjacent to an activating group) is 1. The molecule has 1 fully saturated rings. The fourth-order valence-corrected chi connectivity index (χ4v) is 3.00. The Bertz CT molecular complexity index is 205. The lowest BCUT2D eigenvalue weighted by Crippen LogP contribution is -2.40. The molecule has 0 aromatic rings. The standard InChI is InChI=1S/C17H35NO/c1-15(2)14-19-17-13-11-9-7-5-4-6-8-10-12-16(17)18-3/h15-18H,4-14H2,1-3H3. The molecule has 0 bridgehead atoms. The van der Waals surface area contributed by atoms with Crippen LogP contribution in [0.5, 0.6) is 0 Å². The predicted octanol–water partition coefficient (Wildman–Crippen LogP) is 4.53. The average molecular weight is 269 g/mol. The molecule has 1 aliphatic carbocycles. The number of ether oxygens (including phenoxy) is 1. The summed E-state index contributed by atoms with van der Waals surface area (Å²) in [6, 6.07) is 0.554. The van der Waals surface area contributed by atoms with Gasteiger partial charge in [0.2, 0.25) is 0 Å². The van der Waals surface area contributed by atoms with Gasteiger partial charge in [0.05, 0.1) is 6.10 Å². The van der Waals surface area contributed by atoms with Gasteiger partial charge in [0.1, 0.15) is 0 Å². The molecule has 0 spiro atoms. The first-order valence-corrected chi connectivity index (χ1v) is 8.53. The lowest BCUT2D eigenvalue weighted by atomic mass is 9.95. The van der Waals surface area contributed by atoms with Crippen molar-refractivity contribution < 1.29 is 4.74 Å². The SMILES string of the molecule is CNC1CCCCCCCCCCC1OCC(C)C. The van der Waals surface area contributed by atoms with Crippen LogP contribution in [0.3, 0.4) is 0 Å². The van der Waals surface area contributed by atoms with Gasteiger partial charge in [-0.1, -0.05) is 65.2 Å². The van der Waals surface area contributed by atoms with Crippen molar-refractivity contribution in [2.45, 2.75) is 90.2 Å². The van der Waals surface area contributed by atoms with Crippen LogP contribution in [0, 0.1) is 5.92 Å². The molecule has 0 radical (unpaired) electrons. The Labute approximate surface area is 120 Å². The quantitative estimate of drug-likeness (QED) is 0.809. The normalized spacial score (nSPS) is 27.8. The van der Waals surface area contributed by atoms with E-state index < -0.39 is 0 Å². The Balaban J connectivity index is 2.46. The first-order chi connectivity index (χ1) is 9.24.